The molecule has 0 bridgehead atoms. The lowest BCUT2D eigenvalue weighted by Gasteiger charge is -2.25. The highest BCUT2D eigenvalue weighted by molar-refractivity contribution is 7.92. The Bertz CT molecular complexity index is 1220. The molecule has 3 aromatic rings. The van der Waals surface area contributed by atoms with Crippen LogP contribution >= 0.6 is 0 Å². The molecular weight excluding hydrogens is 426 g/mol. The minimum Gasteiger partial charge on any atom is -0.507 e. The van der Waals surface area contributed by atoms with Crippen molar-refractivity contribution in [2.24, 2.45) is 5.10 Å². The van der Waals surface area contributed by atoms with Crippen molar-refractivity contribution in [2.45, 2.75) is 25.2 Å². The smallest absolute Gasteiger partial charge is 0.264 e. The molecule has 0 saturated heterocycles. The molecule has 0 aliphatic carbocycles. The van der Waals surface area contributed by atoms with E-state index in [0.29, 0.717) is 17.7 Å². The number of sulfonamides is 1. The molecule has 166 valence electrons. The van der Waals surface area contributed by atoms with Crippen LogP contribution in [0.2, 0.25) is 0 Å². The van der Waals surface area contributed by atoms with Crippen LogP contribution in [0.15, 0.2) is 82.8 Å². The van der Waals surface area contributed by atoms with E-state index in [-0.39, 0.29) is 10.6 Å². The van der Waals surface area contributed by atoms with Gasteiger partial charge in [-0.2, -0.15) is 5.10 Å². The van der Waals surface area contributed by atoms with Gasteiger partial charge >= 0.3 is 0 Å². The van der Waals surface area contributed by atoms with Gasteiger partial charge in [0.2, 0.25) is 0 Å². The van der Waals surface area contributed by atoms with Crippen LogP contribution in [0.3, 0.4) is 0 Å². The van der Waals surface area contributed by atoms with E-state index in [4.69, 9.17) is 0 Å². The number of hydrazone groups is 1. The molecule has 8 heteroatoms. The Morgan fingerprint density at radius 3 is 2.38 bits per heavy atom. The summed E-state index contributed by atoms with van der Waals surface area (Å²) in [5.41, 5.74) is 4.94. The molecule has 1 amide bonds. The zero-order valence-electron chi connectivity index (χ0n) is 17.9. The number of rotatable bonds is 8. The van der Waals surface area contributed by atoms with Crippen LogP contribution < -0.4 is 9.73 Å². The van der Waals surface area contributed by atoms with Gasteiger partial charge in [-0.1, -0.05) is 55.0 Å². The first-order valence-electron chi connectivity index (χ1n) is 10.1. The molecule has 0 aliphatic rings. The topological polar surface area (TPSA) is 99.1 Å². The van der Waals surface area contributed by atoms with Gasteiger partial charge in [0, 0.05) is 5.56 Å². The van der Waals surface area contributed by atoms with Gasteiger partial charge in [-0.25, -0.2) is 13.8 Å². The second kappa shape index (κ2) is 10.1. The molecule has 0 unspecified atom stereocenters. The number of hydrogen-bond donors (Lipinski definition) is 2. The molecule has 0 radical (unpaired) electrons. The molecule has 0 atom stereocenters. The van der Waals surface area contributed by atoms with Crippen molar-refractivity contribution in [1.29, 1.82) is 0 Å². The molecule has 2 N–H and O–H groups in total. The minimum atomic E-state index is -4.00. The Balaban J connectivity index is 1.90. The van der Waals surface area contributed by atoms with Gasteiger partial charge in [0.05, 0.1) is 16.8 Å². The van der Waals surface area contributed by atoms with Gasteiger partial charge in [0.1, 0.15) is 12.3 Å². The normalized spacial score (nSPS) is 11.4. The quantitative estimate of drug-likeness (QED) is 0.404. The van der Waals surface area contributed by atoms with Crippen molar-refractivity contribution in [3.05, 3.63) is 89.5 Å². The third-order valence-electron chi connectivity index (χ3n) is 4.87. The summed E-state index contributed by atoms with van der Waals surface area (Å²) in [4.78, 5) is 12.7. The maximum absolute atomic E-state index is 13.5. The number of phenols is 1. The molecule has 0 heterocycles. The summed E-state index contributed by atoms with van der Waals surface area (Å²) >= 11 is 0. The van der Waals surface area contributed by atoms with Gasteiger partial charge < -0.3 is 5.11 Å². The van der Waals surface area contributed by atoms with Crippen molar-refractivity contribution in [2.75, 3.05) is 10.8 Å². The molecule has 0 saturated carbocycles. The van der Waals surface area contributed by atoms with Crippen LogP contribution in [0.1, 0.15) is 23.6 Å². The van der Waals surface area contributed by atoms with Crippen molar-refractivity contribution in [1.82, 2.24) is 5.43 Å². The van der Waals surface area contributed by atoms with Crippen LogP contribution in [0.25, 0.3) is 0 Å². The molecule has 3 rings (SSSR count). The second-order valence-electron chi connectivity index (χ2n) is 7.16. The summed E-state index contributed by atoms with van der Waals surface area (Å²) < 4.78 is 28.0. The lowest BCUT2D eigenvalue weighted by molar-refractivity contribution is -0.119. The number of amides is 1. The van der Waals surface area contributed by atoms with Gasteiger partial charge in [-0.05, 0) is 49.2 Å². The summed E-state index contributed by atoms with van der Waals surface area (Å²) in [6.45, 7) is 3.34. The third-order valence-corrected chi connectivity index (χ3v) is 6.64. The van der Waals surface area contributed by atoms with Gasteiger partial charge in [0.15, 0.2) is 0 Å². The maximum Gasteiger partial charge on any atom is 0.264 e. The third kappa shape index (κ3) is 5.33. The van der Waals surface area contributed by atoms with Crippen molar-refractivity contribution in [3.8, 4) is 5.75 Å². The fraction of sp³-hybridized carbons (Fsp3) is 0.167. The molecule has 0 aromatic heterocycles. The zero-order valence-corrected chi connectivity index (χ0v) is 18.7. The number of hydrogen-bond acceptors (Lipinski definition) is 5. The number of phenolic OH excluding ortho intramolecular Hbond substituents is 1. The predicted molar refractivity (Wildman–Crippen MR) is 125 cm³/mol. The van der Waals surface area contributed by atoms with E-state index < -0.39 is 22.5 Å². The van der Waals surface area contributed by atoms with Crippen molar-refractivity contribution in [3.63, 3.8) is 0 Å². The molecule has 0 spiro atoms. The zero-order chi connectivity index (χ0) is 23.1. The highest BCUT2D eigenvalue weighted by Crippen LogP contribution is 2.27. The first-order valence-corrected chi connectivity index (χ1v) is 11.5. The number of nitrogens with zero attached hydrogens (tertiary/aromatic N) is 2. The molecule has 7 nitrogen and oxygen atoms in total. The molecular formula is C24H25N3O4S. The molecule has 3 aromatic carbocycles. The minimum absolute atomic E-state index is 0.0194. The molecule has 0 aliphatic heterocycles. The van der Waals surface area contributed by atoms with E-state index in [0.717, 1.165) is 15.4 Å². The van der Waals surface area contributed by atoms with E-state index in [1.54, 1.807) is 42.5 Å². The monoisotopic (exact) mass is 451 g/mol. The van der Waals surface area contributed by atoms with Crippen LogP contribution in [-0.2, 0) is 21.2 Å². The number of anilines is 1. The fourth-order valence-electron chi connectivity index (χ4n) is 3.13. The molecule has 0 fully saturated rings. The Morgan fingerprint density at radius 2 is 1.69 bits per heavy atom. The Morgan fingerprint density at radius 1 is 1.03 bits per heavy atom. The highest BCUT2D eigenvalue weighted by Gasteiger charge is 2.28. The lowest BCUT2D eigenvalue weighted by atomic mass is 10.1. The number of benzene rings is 3. The van der Waals surface area contributed by atoms with E-state index in [9.17, 15) is 18.3 Å². The Hall–Kier alpha value is -3.65. The number of para-hydroxylation sites is 2. The summed E-state index contributed by atoms with van der Waals surface area (Å²) in [6.07, 6.45) is 1.90. The second-order valence-corrected chi connectivity index (χ2v) is 9.02. The lowest BCUT2D eigenvalue weighted by Crippen LogP contribution is -2.40. The standard InChI is InChI=1S/C24H25N3O4S/c1-3-19-8-4-6-10-22(19)27(32(30,31)21-14-12-18(2)13-15-21)17-24(29)26-25-16-20-9-5-7-11-23(20)28/h4-16,28H,3,17H2,1-2H3,(H,26,29)/b25-16-. The average Bonchev–Trinajstić information content (AvgIpc) is 2.79. The summed E-state index contributed by atoms with van der Waals surface area (Å²) in [7, 11) is -4.00. The van der Waals surface area contributed by atoms with E-state index in [1.165, 1.54) is 24.4 Å². The Kier molecular flexibility index (Phi) is 7.27. The fourth-order valence-corrected chi connectivity index (χ4v) is 4.59. The number of carbonyl (C=O) groups excluding carboxylic acids is 1. The summed E-state index contributed by atoms with van der Waals surface area (Å²) in [5, 5.41) is 13.6. The summed E-state index contributed by atoms with van der Waals surface area (Å²) in [5.74, 6) is -0.593. The average molecular weight is 452 g/mol. The van der Waals surface area contributed by atoms with Gasteiger partial charge in [-0.3, -0.25) is 9.10 Å². The van der Waals surface area contributed by atoms with Crippen LogP contribution in [0, 0.1) is 6.92 Å². The number of carbonyl (C=O) groups is 1. The van der Waals surface area contributed by atoms with E-state index >= 15 is 0 Å². The maximum atomic E-state index is 13.5. The first-order chi connectivity index (χ1) is 15.3. The summed E-state index contributed by atoms with van der Waals surface area (Å²) in [6, 6.07) is 20.1. The van der Waals surface area contributed by atoms with Crippen LogP contribution in [0.5, 0.6) is 5.75 Å². The van der Waals surface area contributed by atoms with E-state index in [2.05, 4.69) is 10.5 Å². The van der Waals surface area contributed by atoms with Crippen LogP contribution in [-0.4, -0.2) is 32.2 Å². The van der Waals surface area contributed by atoms with Crippen molar-refractivity contribution < 1.29 is 18.3 Å². The number of aromatic hydroxyl groups is 1. The SMILES string of the molecule is CCc1ccccc1N(CC(=O)N/N=C\c1ccccc1O)S(=O)(=O)c1ccc(C)cc1. The predicted octanol–water partition coefficient (Wildman–Crippen LogP) is 3.61. The van der Waals surface area contributed by atoms with Crippen molar-refractivity contribution >= 4 is 27.8 Å². The molecule has 32 heavy (non-hydrogen) atoms. The highest BCUT2D eigenvalue weighted by atomic mass is 32.2. The van der Waals surface area contributed by atoms with Gasteiger partial charge in [-0.15, -0.1) is 0 Å². The first kappa shape index (κ1) is 23.0. The number of aryl methyl sites for hydroxylation is 2. The van der Waals surface area contributed by atoms with Crippen LogP contribution in [0.4, 0.5) is 5.69 Å². The van der Waals surface area contributed by atoms with Gasteiger partial charge in [0.25, 0.3) is 15.9 Å². The largest absolute Gasteiger partial charge is 0.507 e. The van der Waals surface area contributed by atoms with E-state index in [1.807, 2.05) is 26.0 Å². The number of nitrogens with one attached hydrogen (secondary N) is 1. The Labute approximate surface area is 188 Å².